The molecule has 0 spiro atoms. The smallest absolute Gasteiger partial charge is 0.161 e. The van der Waals surface area contributed by atoms with Gasteiger partial charge < -0.3 is 9.47 Å². The van der Waals surface area contributed by atoms with E-state index < -0.39 is 5.82 Å². The van der Waals surface area contributed by atoms with Crippen molar-refractivity contribution in [2.24, 2.45) is 5.10 Å². The summed E-state index contributed by atoms with van der Waals surface area (Å²) in [4.78, 5) is 0. The molecule has 8 heteroatoms. The summed E-state index contributed by atoms with van der Waals surface area (Å²) in [6.45, 7) is -0.00396. The second-order valence-corrected chi connectivity index (χ2v) is 5.39. The first-order valence-electron chi connectivity index (χ1n) is 7.30. The van der Waals surface area contributed by atoms with E-state index in [0.29, 0.717) is 22.1 Å². The van der Waals surface area contributed by atoms with Gasteiger partial charge in [-0.3, -0.25) is 0 Å². The largest absolute Gasteiger partial charge is 0.493 e. The molecule has 0 radical (unpaired) electrons. The lowest BCUT2D eigenvalue weighted by Crippen LogP contribution is -2.01. The van der Waals surface area contributed by atoms with Crippen LogP contribution in [-0.2, 0) is 6.61 Å². The van der Waals surface area contributed by atoms with Crippen LogP contribution in [0.5, 0.6) is 11.5 Å². The molecule has 0 atom stereocenters. The lowest BCUT2D eigenvalue weighted by Gasteiger charge is -2.12. The fraction of sp³-hybridized carbons (Fsp3) is 0.118. The fourth-order valence-corrected chi connectivity index (χ4v) is 2.31. The van der Waals surface area contributed by atoms with Gasteiger partial charge in [-0.15, -0.1) is 10.2 Å². The number of nitrogens with zero attached hydrogens (tertiary/aromatic N) is 4. The summed E-state index contributed by atoms with van der Waals surface area (Å²) >= 11 is 6.00. The number of hydrogen-bond acceptors (Lipinski definition) is 5. The maximum atomic E-state index is 13.8. The maximum Gasteiger partial charge on any atom is 0.161 e. The molecule has 3 aromatic rings. The highest BCUT2D eigenvalue weighted by molar-refractivity contribution is 6.31. The van der Waals surface area contributed by atoms with Gasteiger partial charge in [0.25, 0.3) is 0 Å². The highest BCUT2D eigenvalue weighted by Gasteiger charge is 2.10. The molecule has 0 aliphatic carbocycles. The van der Waals surface area contributed by atoms with Gasteiger partial charge in [0.05, 0.1) is 18.3 Å². The second kappa shape index (κ2) is 7.76. The SMILES string of the molecule is COc1cc(/C=N\n2cnnc2)ccc1OCc1c(F)cccc1Cl. The van der Waals surface area contributed by atoms with E-state index in [1.54, 1.807) is 36.5 Å². The van der Waals surface area contributed by atoms with Gasteiger partial charge in [-0.1, -0.05) is 17.7 Å². The molecule has 1 heterocycles. The molecule has 128 valence electrons. The zero-order valence-corrected chi connectivity index (χ0v) is 14.0. The molecular formula is C17H14ClFN4O2. The Morgan fingerprint density at radius 2 is 2.00 bits per heavy atom. The Kier molecular flexibility index (Phi) is 5.25. The standard InChI is InChI=1S/C17H14ClFN4O2/c1-24-17-7-12(8-22-23-10-20-21-11-23)5-6-16(17)25-9-13-14(18)3-2-4-15(13)19/h2-8,10-11H,9H2,1H3/b22-8-. The predicted molar refractivity (Wildman–Crippen MR) is 91.8 cm³/mol. The van der Waals surface area contributed by atoms with Crippen molar-refractivity contribution in [2.75, 3.05) is 7.11 Å². The predicted octanol–water partition coefficient (Wildman–Crippen LogP) is 3.54. The number of methoxy groups -OCH3 is 1. The molecule has 3 rings (SSSR count). The van der Waals surface area contributed by atoms with E-state index in [0.717, 1.165) is 5.56 Å². The van der Waals surface area contributed by atoms with Gasteiger partial charge in [-0.25, -0.2) is 9.07 Å². The van der Waals surface area contributed by atoms with E-state index in [1.807, 2.05) is 0 Å². The van der Waals surface area contributed by atoms with Crippen molar-refractivity contribution in [2.45, 2.75) is 6.61 Å². The van der Waals surface area contributed by atoms with Crippen molar-refractivity contribution < 1.29 is 13.9 Å². The number of rotatable bonds is 6. The molecule has 0 saturated carbocycles. The molecule has 6 nitrogen and oxygen atoms in total. The molecule has 25 heavy (non-hydrogen) atoms. The van der Waals surface area contributed by atoms with Gasteiger partial charge in [-0.2, -0.15) is 5.10 Å². The van der Waals surface area contributed by atoms with E-state index in [9.17, 15) is 4.39 Å². The molecular weight excluding hydrogens is 347 g/mol. The van der Waals surface area contributed by atoms with Gasteiger partial charge in [0, 0.05) is 5.56 Å². The minimum atomic E-state index is -0.413. The highest BCUT2D eigenvalue weighted by atomic mass is 35.5. The minimum Gasteiger partial charge on any atom is -0.493 e. The van der Waals surface area contributed by atoms with E-state index in [4.69, 9.17) is 21.1 Å². The lowest BCUT2D eigenvalue weighted by atomic mass is 10.2. The summed E-state index contributed by atoms with van der Waals surface area (Å²) in [6, 6.07) is 9.78. The first kappa shape index (κ1) is 16.9. The number of hydrogen-bond donors (Lipinski definition) is 0. The Balaban J connectivity index is 1.76. The molecule has 0 aliphatic heterocycles. The Bertz CT molecular complexity index is 864. The summed E-state index contributed by atoms with van der Waals surface area (Å²) in [6.07, 6.45) is 4.58. The van der Waals surface area contributed by atoms with Crippen LogP contribution in [0.3, 0.4) is 0 Å². The average molecular weight is 361 g/mol. The van der Waals surface area contributed by atoms with E-state index in [1.165, 1.54) is 30.5 Å². The van der Waals surface area contributed by atoms with Crippen molar-refractivity contribution in [3.63, 3.8) is 0 Å². The zero-order valence-electron chi connectivity index (χ0n) is 13.3. The van der Waals surface area contributed by atoms with Gasteiger partial charge >= 0.3 is 0 Å². The van der Waals surface area contributed by atoms with Gasteiger partial charge in [0.2, 0.25) is 0 Å². The summed E-state index contributed by atoms with van der Waals surface area (Å²) in [5.74, 6) is 0.563. The third kappa shape index (κ3) is 4.13. The van der Waals surface area contributed by atoms with Crippen LogP contribution in [0.1, 0.15) is 11.1 Å². The topological polar surface area (TPSA) is 61.5 Å². The van der Waals surface area contributed by atoms with Crippen molar-refractivity contribution >= 4 is 17.8 Å². The molecule has 2 aromatic carbocycles. The lowest BCUT2D eigenvalue weighted by molar-refractivity contribution is 0.280. The zero-order chi connectivity index (χ0) is 17.6. The van der Waals surface area contributed by atoms with E-state index in [2.05, 4.69) is 15.3 Å². The van der Waals surface area contributed by atoms with Crippen LogP contribution in [0.2, 0.25) is 5.02 Å². The number of aromatic nitrogens is 3. The maximum absolute atomic E-state index is 13.8. The number of ether oxygens (including phenoxy) is 2. The van der Waals surface area contributed by atoms with Gasteiger partial charge in [0.1, 0.15) is 25.1 Å². The van der Waals surface area contributed by atoms with Crippen molar-refractivity contribution in [1.82, 2.24) is 14.9 Å². The quantitative estimate of drug-likeness (QED) is 0.631. The molecule has 0 bridgehead atoms. The number of halogens is 2. The van der Waals surface area contributed by atoms with Crippen LogP contribution < -0.4 is 9.47 Å². The van der Waals surface area contributed by atoms with Crippen LogP contribution in [0.25, 0.3) is 0 Å². The molecule has 1 aromatic heterocycles. The summed E-state index contributed by atoms with van der Waals surface area (Å²) in [5, 5.41) is 11.8. The van der Waals surface area contributed by atoms with Crippen LogP contribution in [-0.4, -0.2) is 28.2 Å². The summed E-state index contributed by atoms with van der Waals surface area (Å²) in [5.41, 5.74) is 1.09. The van der Waals surface area contributed by atoms with Crippen molar-refractivity contribution in [1.29, 1.82) is 0 Å². The van der Waals surface area contributed by atoms with Crippen LogP contribution in [0.4, 0.5) is 4.39 Å². The average Bonchev–Trinajstić information content (AvgIpc) is 3.13. The molecule has 0 amide bonds. The van der Waals surface area contributed by atoms with Gasteiger partial charge in [0.15, 0.2) is 11.5 Å². The Morgan fingerprint density at radius 1 is 1.20 bits per heavy atom. The Morgan fingerprint density at radius 3 is 2.72 bits per heavy atom. The Labute approximate surface area is 148 Å². The van der Waals surface area contributed by atoms with E-state index in [-0.39, 0.29) is 6.61 Å². The van der Waals surface area contributed by atoms with Gasteiger partial charge in [-0.05, 0) is 35.9 Å². The first-order chi connectivity index (χ1) is 12.2. The summed E-state index contributed by atoms with van der Waals surface area (Å²) in [7, 11) is 1.53. The third-order valence-electron chi connectivity index (χ3n) is 3.37. The van der Waals surface area contributed by atoms with Crippen molar-refractivity contribution in [3.05, 3.63) is 71.0 Å². The number of benzene rings is 2. The molecule has 0 unspecified atom stereocenters. The Hall–Kier alpha value is -2.93. The highest BCUT2D eigenvalue weighted by Crippen LogP contribution is 2.29. The monoisotopic (exact) mass is 360 g/mol. The van der Waals surface area contributed by atoms with Crippen LogP contribution >= 0.6 is 11.6 Å². The normalized spacial score (nSPS) is 11.0. The molecule has 0 fully saturated rings. The van der Waals surface area contributed by atoms with E-state index >= 15 is 0 Å². The van der Waals surface area contributed by atoms with Crippen molar-refractivity contribution in [3.8, 4) is 11.5 Å². The molecule has 0 saturated heterocycles. The fourth-order valence-electron chi connectivity index (χ4n) is 2.09. The molecule has 0 N–H and O–H groups in total. The van der Waals surface area contributed by atoms with Crippen LogP contribution in [0, 0.1) is 5.82 Å². The first-order valence-corrected chi connectivity index (χ1v) is 7.68. The summed E-state index contributed by atoms with van der Waals surface area (Å²) < 4.78 is 26.3. The second-order valence-electron chi connectivity index (χ2n) is 4.99. The minimum absolute atomic E-state index is 0.00396. The van der Waals surface area contributed by atoms with Crippen LogP contribution in [0.15, 0.2) is 54.2 Å². The molecule has 0 aliphatic rings. The third-order valence-corrected chi connectivity index (χ3v) is 3.72.